The van der Waals surface area contributed by atoms with Crippen LogP contribution in [-0.2, 0) is 0 Å². The predicted molar refractivity (Wildman–Crippen MR) is 62.9 cm³/mol. The highest BCUT2D eigenvalue weighted by atomic mass is 19.1. The van der Waals surface area contributed by atoms with E-state index in [1.165, 1.54) is 36.4 Å². The Hall–Kier alpha value is -2.85. The molecule has 1 N–H and O–H groups in total. The molecule has 2 aromatic carbocycles. The van der Waals surface area contributed by atoms with E-state index >= 15 is 0 Å². The van der Waals surface area contributed by atoms with E-state index in [9.17, 15) is 9.50 Å². The number of hydrogen-bond acceptors (Lipinski definition) is 3. The molecule has 2 rings (SSSR count). The molecular weight excluding hydrogens is 231 g/mol. The van der Waals surface area contributed by atoms with Crippen molar-refractivity contribution >= 4 is 0 Å². The molecule has 3 nitrogen and oxygen atoms in total. The molecule has 0 unspecified atom stereocenters. The Bertz CT molecular complexity index is 696. The molecule has 0 radical (unpaired) electrons. The summed E-state index contributed by atoms with van der Waals surface area (Å²) in [6, 6.07) is 11.9. The number of nitriles is 2. The van der Waals surface area contributed by atoms with Gasteiger partial charge in [-0.15, -0.1) is 0 Å². The van der Waals surface area contributed by atoms with Crippen molar-refractivity contribution in [3.63, 3.8) is 0 Å². The smallest absolute Gasteiger partial charge is 0.133 e. The van der Waals surface area contributed by atoms with Gasteiger partial charge in [0, 0.05) is 5.56 Å². The molecule has 0 bridgehead atoms. The molecule has 0 atom stereocenters. The molecule has 18 heavy (non-hydrogen) atoms. The third-order valence-corrected chi connectivity index (χ3v) is 2.52. The highest BCUT2D eigenvalue weighted by Crippen LogP contribution is 2.28. The molecule has 0 heterocycles. The Morgan fingerprint density at radius 3 is 2.44 bits per heavy atom. The van der Waals surface area contributed by atoms with Gasteiger partial charge in [-0.1, -0.05) is 6.07 Å². The summed E-state index contributed by atoms with van der Waals surface area (Å²) >= 11 is 0. The zero-order valence-corrected chi connectivity index (χ0v) is 9.18. The van der Waals surface area contributed by atoms with Crippen LogP contribution >= 0.6 is 0 Å². The van der Waals surface area contributed by atoms with Gasteiger partial charge in [0.15, 0.2) is 0 Å². The molecule has 0 saturated carbocycles. The number of halogens is 1. The van der Waals surface area contributed by atoms with Crippen LogP contribution in [0.25, 0.3) is 11.1 Å². The second-order valence-electron chi connectivity index (χ2n) is 3.65. The lowest BCUT2D eigenvalue weighted by Crippen LogP contribution is -1.87. The quantitative estimate of drug-likeness (QED) is 0.830. The van der Waals surface area contributed by atoms with Crippen molar-refractivity contribution in [2.24, 2.45) is 0 Å². The Morgan fingerprint density at radius 2 is 1.78 bits per heavy atom. The molecule has 0 amide bonds. The van der Waals surface area contributed by atoms with Crippen LogP contribution in [-0.4, -0.2) is 5.11 Å². The van der Waals surface area contributed by atoms with Crippen molar-refractivity contribution < 1.29 is 9.50 Å². The van der Waals surface area contributed by atoms with Gasteiger partial charge in [-0.25, -0.2) is 4.39 Å². The number of benzene rings is 2. The molecule has 0 saturated heterocycles. The summed E-state index contributed by atoms with van der Waals surface area (Å²) in [5.41, 5.74) is 1.07. The number of aromatic hydroxyl groups is 1. The number of rotatable bonds is 1. The monoisotopic (exact) mass is 238 g/mol. The van der Waals surface area contributed by atoms with Gasteiger partial charge in [-0.3, -0.25) is 0 Å². The molecule has 86 valence electrons. The fraction of sp³-hybridized carbons (Fsp3) is 0. The third kappa shape index (κ3) is 2.00. The Balaban J connectivity index is 2.63. The van der Waals surface area contributed by atoms with Crippen LogP contribution in [0.4, 0.5) is 4.39 Å². The van der Waals surface area contributed by atoms with Gasteiger partial charge in [0.1, 0.15) is 17.6 Å². The molecule has 0 aliphatic carbocycles. The number of phenols is 1. The number of hydrogen-bond donors (Lipinski definition) is 1. The lowest BCUT2D eigenvalue weighted by molar-refractivity contribution is 0.473. The van der Waals surface area contributed by atoms with Crippen LogP contribution in [0, 0.1) is 28.5 Å². The van der Waals surface area contributed by atoms with Gasteiger partial charge in [0.2, 0.25) is 0 Å². The van der Waals surface area contributed by atoms with Crippen LogP contribution in [0.15, 0.2) is 36.4 Å². The Kier molecular flexibility index (Phi) is 2.95. The summed E-state index contributed by atoms with van der Waals surface area (Å²) in [4.78, 5) is 0. The summed E-state index contributed by atoms with van der Waals surface area (Å²) in [7, 11) is 0. The summed E-state index contributed by atoms with van der Waals surface area (Å²) < 4.78 is 13.7. The van der Waals surface area contributed by atoms with E-state index in [2.05, 4.69) is 0 Å². The van der Waals surface area contributed by atoms with Crippen molar-refractivity contribution in [3.05, 3.63) is 53.3 Å². The first-order valence-electron chi connectivity index (χ1n) is 5.09. The van der Waals surface area contributed by atoms with Crippen LogP contribution in [0.2, 0.25) is 0 Å². The van der Waals surface area contributed by atoms with Gasteiger partial charge in [0.05, 0.1) is 17.2 Å². The van der Waals surface area contributed by atoms with Crippen LogP contribution in [0.1, 0.15) is 11.1 Å². The fourth-order valence-corrected chi connectivity index (χ4v) is 1.61. The second-order valence-corrected chi connectivity index (χ2v) is 3.65. The molecule has 0 aliphatic rings. The fourth-order valence-electron chi connectivity index (χ4n) is 1.61. The van der Waals surface area contributed by atoms with Crippen molar-refractivity contribution in [2.75, 3.05) is 0 Å². The molecule has 0 fully saturated rings. The maximum absolute atomic E-state index is 13.7. The van der Waals surface area contributed by atoms with Crippen molar-refractivity contribution in [1.82, 2.24) is 0 Å². The lowest BCUT2D eigenvalue weighted by atomic mass is 10.0. The molecule has 0 aromatic heterocycles. The summed E-state index contributed by atoms with van der Waals surface area (Å²) in [5.74, 6) is -0.637. The van der Waals surface area contributed by atoms with Crippen molar-refractivity contribution in [2.45, 2.75) is 0 Å². The van der Waals surface area contributed by atoms with E-state index in [4.69, 9.17) is 10.5 Å². The van der Waals surface area contributed by atoms with Gasteiger partial charge in [-0.2, -0.15) is 10.5 Å². The SMILES string of the molecule is N#Cc1ccc(F)c(-c2ccc(O)c(C#N)c2)c1. The average molecular weight is 238 g/mol. The largest absolute Gasteiger partial charge is 0.507 e. The van der Waals surface area contributed by atoms with E-state index in [-0.39, 0.29) is 16.9 Å². The van der Waals surface area contributed by atoms with Crippen LogP contribution in [0.5, 0.6) is 5.75 Å². The first-order chi connectivity index (χ1) is 8.65. The van der Waals surface area contributed by atoms with Gasteiger partial charge in [-0.05, 0) is 35.9 Å². The standard InChI is InChI=1S/C14H7FN2O/c15-13-3-1-9(7-16)5-12(13)10-2-4-14(18)11(6-10)8-17/h1-6,18H. The van der Waals surface area contributed by atoms with Gasteiger partial charge < -0.3 is 5.11 Å². The van der Waals surface area contributed by atoms with E-state index in [0.717, 1.165) is 0 Å². The van der Waals surface area contributed by atoms with E-state index in [1.54, 1.807) is 0 Å². The summed E-state index contributed by atoms with van der Waals surface area (Å²) in [6.45, 7) is 0. The van der Waals surface area contributed by atoms with Crippen LogP contribution < -0.4 is 0 Å². The van der Waals surface area contributed by atoms with E-state index < -0.39 is 5.82 Å². The summed E-state index contributed by atoms with van der Waals surface area (Å²) in [5, 5.41) is 27.0. The summed E-state index contributed by atoms with van der Waals surface area (Å²) in [6.07, 6.45) is 0. The molecule has 0 aliphatic heterocycles. The Morgan fingerprint density at radius 1 is 1.00 bits per heavy atom. The molecular formula is C14H7FN2O. The minimum atomic E-state index is -0.483. The minimum Gasteiger partial charge on any atom is -0.507 e. The Labute approximate surface area is 103 Å². The predicted octanol–water partition coefficient (Wildman–Crippen LogP) is 2.94. The first-order valence-corrected chi connectivity index (χ1v) is 5.09. The van der Waals surface area contributed by atoms with Crippen molar-refractivity contribution in [3.8, 4) is 29.0 Å². The van der Waals surface area contributed by atoms with Crippen LogP contribution in [0.3, 0.4) is 0 Å². The maximum atomic E-state index is 13.7. The van der Waals surface area contributed by atoms with E-state index in [1.807, 2.05) is 12.1 Å². The van der Waals surface area contributed by atoms with Crippen molar-refractivity contribution in [1.29, 1.82) is 10.5 Å². The number of nitrogens with zero attached hydrogens (tertiary/aromatic N) is 2. The van der Waals surface area contributed by atoms with Gasteiger partial charge in [0.25, 0.3) is 0 Å². The lowest BCUT2D eigenvalue weighted by Gasteiger charge is -2.05. The zero-order valence-electron chi connectivity index (χ0n) is 9.18. The molecule has 2 aromatic rings. The maximum Gasteiger partial charge on any atom is 0.133 e. The van der Waals surface area contributed by atoms with Gasteiger partial charge >= 0.3 is 0 Å². The average Bonchev–Trinajstić information content (AvgIpc) is 2.40. The number of phenolic OH excluding ortho intramolecular Hbond substituents is 1. The van der Waals surface area contributed by atoms with E-state index in [0.29, 0.717) is 11.1 Å². The highest BCUT2D eigenvalue weighted by Gasteiger charge is 2.09. The third-order valence-electron chi connectivity index (χ3n) is 2.52. The second kappa shape index (κ2) is 4.57. The normalized spacial score (nSPS) is 9.50. The molecule has 4 heteroatoms. The first kappa shape index (κ1) is 11.6. The zero-order chi connectivity index (χ0) is 13.1. The highest BCUT2D eigenvalue weighted by molar-refractivity contribution is 5.69. The minimum absolute atomic E-state index is 0.0641. The topological polar surface area (TPSA) is 67.8 Å². The molecule has 0 spiro atoms.